The van der Waals surface area contributed by atoms with Crippen LogP contribution in [0.2, 0.25) is 0 Å². The second kappa shape index (κ2) is 9.62. The molecule has 0 fully saturated rings. The Kier molecular flexibility index (Phi) is 7.23. The van der Waals surface area contributed by atoms with Crippen LogP contribution >= 0.6 is 0 Å². The molecule has 0 spiro atoms. The van der Waals surface area contributed by atoms with Crippen molar-refractivity contribution in [3.8, 4) is 11.5 Å². The quantitative estimate of drug-likeness (QED) is 0.671. The Labute approximate surface area is 154 Å². The van der Waals surface area contributed by atoms with E-state index in [1.54, 1.807) is 32.5 Å². The average molecular weight is 358 g/mol. The minimum Gasteiger partial charge on any atom is -0.497 e. The maximum atomic E-state index is 12.1. The van der Waals surface area contributed by atoms with Crippen LogP contribution in [0, 0.1) is 0 Å². The summed E-state index contributed by atoms with van der Waals surface area (Å²) in [6.07, 6.45) is 2.46. The third-order valence-corrected chi connectivity index (χ3v) is 3.76. The van der Waals surface area contributed by atoms with Gasteiger partial charge in [-0.1, -0.05) is 0 Å². The first-order valence-electron chi connectivity index (χ1n) is 8.41. The molecule has 140 valence electrons. The fourth-order valence-electron chi connectivity index (χ4n) is 2.35. The van der Waals surface area contributed by atoms with Crippen molar-refractivity contribution in [3.63, 3.8) is 0 Å². The van der Waals surface area contributed by atoms with Crippen molar-refractivity contribution in [2.45, 2.75) is 6.42 Å². The molecule has 0 aliphatic heterocycles. The predicted octanol–water partition coefficient (Wildman–Crippen LogP) is 2.52. The lowest BCUT2D eigenvalue weighted by atomic mass is 10.2. The summed E-state index contributed by atoms with van der Waals surface area (Å²) in [5.74, 6) is 1.87. The number of hydrogen-bond donors (Lipinski definition) is 2. The zero-order valence-electron chi connectivity index (χ0n) is 15.7. The van der Waals surface area contributed by atoms with E-state index in [9.17, 15) is 4.79 Å². The van der Waals surface area contributed by atoms with E-state index >= 15 is 0 Å². The van der Waals surface area contributed by atoms with Crippen molar-refractivity contribution in [1.29, 1.82) is 0 Å². The van der Waals surface area contributed by atoms with Gasteiger partial charge in [-0.3, -0.25) is 4.79 Å². The zero-order valence-corrected chi connectivity index (χ0v) is 15.7. The minimum atomic E-state index is -0.123. The largest absolute Gasteiger partial charge is 0.497 e. The number of benzene rings is 1. The number of rotatable bonds is 9. The van der Waals surface area contributed by atoms with Gasteiger partial charge in [0.05, 0.1) is 25.5 Å². The third kappa shape index (κ3) is 5.63. The van der Waals surface area contributed by atoms with E-state index in [2.05, 4.69) is 20.5 Å². The van der Waals surface area contributed by atoms with Gasteiger partial charge in [0, 0.05) is 18.8 Å². The molecule has 1 aromatic carbocycles. The van der Waals surface area contributed by atoms with Crippen LogP contribution < -0.4 is 20.1 Å². The molecule has 2 aromatic rings. The lowest BCUT2D eigenvalue weighted by Crippen LogP contribution is -2.27. The smallest absolute Gasteiger partial charge is 0.252 e. The van der Waals surface area contributed by atoms with Gasteiger partial charge in [-0.05, 0) is 51.3 Å². The summed E-state index contributed by atoms with van der Waals surface area (Å²) in [4.78, 5) is 18.5. The molecule has 0 atom stereocenters. The fraction of sp³-hybridized carbons (Fsp3) is 0.368. The number of ether oxygens (including phenoxy) is 2. The highest BCUT2D eigenvalue weighted by atomic mass is 16.5. The first kappa shape index (κ1) is 19.5. The number of aromatic nitrogens is 1. The van der Waals surface area contributed by atoms with Crippen LogP contribution in [0.15, 0.2) is 36.5 Å². The van der Waals surface area contributed by atoms with Crippen molar-refractivity contribution < 1.29 is 14.3 Å². The molecule has 0 saturated carbocycles. The van der Waals surface area contributed by atoms with Crippen LogP contribution in [0.3, 0.4) is 0 Å². The van der Waals surface area contributed by atoms with Gasteiger partial charge in [0.2, 0.25) is 0 Å². The fourth-order valence-corrected chi connectivity index (χ4v) is 2.35. The lowest BCUT2D eigenvalue weighted by molar-refractivity contribution is 0.0952. The highest BCUT2D eigenvalue weighted by Crippen LogP contribution is 2.30. The molecule has 0 aliphatic carbocycles. The summed E-state index contributed by atoms with van der Waals surface area (Å²) in [7, 11) is 7.23. The van der Waals surface area contributed by atoms with E-state index in [0.29, 0.717) is 29.4 Å². The minimum absolute atomic E-state index is 0.123. The van der Waals surface area contributed by atoms with Gasteiger partial charge in [0.25, 0.3) is 5.91 Å². The summed E-state index contributed by atoms with van der Waals surface area (Å²) >= 11 is 0. The number of anilines is 2. The van der Waals surface area contributed by atoms with Crippen molar-refractivity contribution in [2.24, 2.45) is 0 Å². The third-order valence-electron chi connectivity index (χ3n) is 3.76. The molecule has 1 aromatic heterocycles. The number of hydrogen-bond acceptors (Lipinski definition) is 6. The molecule has 1 amide bonds. The second-order valence-electron chi connectivity index (χ2n) is 6.04. The van der Waals surface area contributed by atoms with E-state index in [0.717, 1.165) is 18.7 Å². The van der Waals surface area contributed by atoms with Gasteiger partial charge in [-0.25, -0.2) is 4.98 Å². The van der Waals surface area contributed by atoms with E-state index in [4.69, 9.17) is 9.47 Å². The number of nitrogens with one attached hydrogen (secondary N) is 2. The molecule has 0 radical (unpaired) electrons. The topological polar surface area (TPSA) is 75.7 Å². The first-order valence-corrected chi connectivity index (χ1v) is 8.41. The Balaban J connectivity index is 1.98. The molecule has 1 heterocycles. The summed E-state index contributed by atoms with van der Waals surface area (Å²) < 4.78 is 10.6. The summed E-state index contributed by atoms with van der Waals surface area (Å²) in [5.41, 5.74) is 1.26. The summed E-state index contributed by atoms with van der Waals surface area (Å²) in [6, 6.07) is 8.96. The molecule has 7 heteroatoms. The van der Waals surface area contributed by atoms with Crippen LogP contribution in [-0.2, 0) is 0 Å². The number of methoxy groups -OCH3 is 2. The van der Waals surface area contributed by atoms with E-state index < -0.39 is 0 Å². The van der Waals surface area contributed by atoms with Crippen LogP contribution in [-0.4, -0.2) is 57.2 Å². The molecule has 7 nitrogen and oxygen atoms in total. The van der Waals surface area contributed by atoms with Crippen molar-refractivity contribution in [3.05, 3.63) is 42.1 Å². The molecule has 2 rings (SSSR count). The molecular formula is C19H26N4O3. The predicted molar refractivity (Wildman–Crippen MR) is 103 cm³/mol. The summed E-state index contributed by atoms with van der Waals surface area (Å²) in [5, 5.41) is 6.07. The molecule has 0 saturated heterocycles. The highest BCUT2D eigenvalue weighted by molar-refractivity contribution is 5.94. The highest BCUT2D eigenvalue weighted by Gasteiger charge is 2.08. The Bertz CT molecular complexity index is 717. The summed E-state index contributed by atoms with van der Waals surface area (Å²) in [6.45, 7) is 1.57. The van der Waals surface area contributed by atoms with Gasteiger partial charge in [-0.2, -0.15) is 0 Å². The van der Waals surface area contributed by atoms with Gasteiger partial charge in [0.15, 0.2) is 0 Å². The monoisotopic (exact) mass is 358 g/mol. The molecule has 0 aliphatic rings. The van der Waals surface area contributed by atoms with E-state index in [-0.39, 0.29) is 5.91 Å². The Morgan fingerprint density at radius 3 is 2.58 bits per heavy atom. The van der Waals surface area contributed by atoms with Crippen LogP contribution in [0.4, 0.5) is 11.5 Å². The van der Waals surface area contributed by atoms with Crippen molar-refractivity contribution in [2.75, 3.05) is 46.7 Å². The Morgan fingerprint density at radius 1 is 1.15 bits per heavy atom. The van der Waals surface area contributed by atoms with Gasteiger partial charge >= 0.3 is 0 Å². The number of nitrogens with zero attached hydrogens (tertiary/aromatic N) is 2. The maximum absolute atomic E-state index is 12.1. The van der Waals surface area contributed by atoms with Crippen molar-refractivity contribution >= 4 is 17.4 Å². The molecular weight excluding hydrogens is 332 g/mol. The van der Waals surface area contributed by atoms with Gasteiger partial charge in [-0.15, -0.1) is 0 Å². The van der Waals surface area contributed by atoms with Gasteiger partial charge in [0.1, 0.15) is 17.3 Å². The van der Waals surface area contributed by atoms with Crippen LogP contribution in [0.25, 0.3) is 0 Å². The van der Waals surface area contributed by atoms with Crippen LogP contribution in [0.5, 0.6) is 11.5 Å². The molecule has 2 N–H and O–H groups in total. The standard InChI is InChI=1S/C19H26N4O3/c1-23(2)11-5-10-20-19(24)14-6-9-18(21-13-14)22-16-12-15(25-3)7-8-17(16)26-4/h6-9,12-13H,5,10-11H2,1-4H3,(H,20,24)(H,21,22). The van der Waals surface area contributed by atoms with E-state index in [1.165, 1.54) is 0 Å². The number of amides is 1. The number of pyridine rings is 1. The molecule has 26 heavy (non-hydrogen) atoms. The van der Waals surface area contributed by atoms with Crippen LogP contribution in [0.1, 0.15) is 16.8 Å². The lowest BCUT2D eigenvalue weighted by Gasteiger charge is -2.12. The Hall–Kier alpha value is -2.80. The average Bonchev–Trinajstić information content (AvgIpc) is 2.65. The number of carbonyl (C=O) groups excluding carboxylic acids is 1. The molecule has 0 bridgehead atoms. The maximum Gasteiger partial charge on any atom is 0.252 e. The second-order valence-corrected chi connectivity index (χ2v) is 6.04. The van der Waals surface area contributed by atoms with Crippen molar-refractivity contribution in [1.82, 2.24) is 15.2 Å². The van der Waals surface area contributed by atoms with E-state index in [1.807, 2.05) is 32.3 Å². The first-order chi connectivity index (χ1) is 12.5. The number of carbonyl (C=O) groups is 1. The zero-order chi connectivity index (χ0) is 18.9. The normalized spacial score (nSPS) is 10.5. The SMILES string of the molecule is COc1ccc(OC)c(Nc2ccc(C(=O)NCCCN(C)C)cn2)c1. The molecule has 0 unspecified atom stereocenters. The van der Waals surface area contributed by atoms with Gasteiger partial charge < -0.3 is 25.0 Å². The Morgan fingerprint density at radius 2 is 1.96 bits per heavy atom.